The first-order chi connectivity index (χ1) is 30.6. The summed E-state index contributed by atoms with van der Waals surface area (Å²) < 4.78 is 31.5. The van der Waals surface area contributed by atoms with Crippen LogP contribution in [0.25, 0.3) is 22.5 Å². The molecule has 2 aromatic heterocycles. The number of rotatable bonds is 12. The minimum atomic E-state index is -0.659. The number of hydrogen-bond donors (Lipinski definition) is 4. The number of benzene rings is 4. The number of thiocarbonyl (C=S) groups is 1. The molecule has 0 aliphatic carbocycles. The predicted molar refractivity (Wildman–Crippen MR) is 240 cm³/mol. The Balaban J connectivity index is 0.000000243. The van der Waals surface area contributed by atoms with Gasteiger partial charge in [-0.15, -0.1) is 0 Å². The van der Waals surface area contributed by atoms with Gasteiger partial charge in [-0.1, -0.05) is 81.0 Å². The molecule has 6 rings (SSSR count). The van der Waals surface area contributed by atoms with Gasteiger partial charge < -0.3 is 28.0 Å². The second kappa shape index (κ2) is 22.1. The van der Waals surface area contributed by atoms with Gasteiger partial charge in [-0.25, -0.2) is 0 Å². The lowest BCUT2D eigenvalue weighted by Crippen LogP contribution is -2.43. The summed E-state index contributed by atoms with van der Waals surface area (Å²) in [6, 6.07) is 19.0. The number of hydrazine groups is 2. The van der Waals surface area contributed by atoms with Crippen LogP contribution < -0.4 is 40.7 Å². The van der Waals surface area contributed by atoms with Gasteiger partial charge in [-0.05, 0) is 80.5 Å². The highest BCUT2D eigenvalue weighted by molar-refractivity contribution is 7.80. The van der Waals surface area contributed by atoms with Crippen molar-refractivity contribution < 1.29 is 47.3 Å². The Labute approximate surface area is 389 Å². The number of hydrogen-bond acceptors (Lipinski definition) is 14. The smallest absolute Gasteiger partial charge is 0.311 e. The van der Waals surface area contributed by atoms with Crippen LogP contribution in [0.2, 0.25) is 20.1 Å². The molecule has 0 atom stereocenters. The number of ether oxygens (including phenoxy) is 4. The highest BCUT2D eigenvalue weighted by atomic mass is 35.5. The number of para-hydroxylation sites is 2. The molecule has 4 aromatic carbocycles. The van der Waals surface area contributed by atoms with Crippen molar-refractivity contribution in [3.8, 4) is 45.5 Å². The second-order valence-electron chi connectivity index (χ2n) is 12.8. The van der Waals surface area contributed by atoms with E-state index in [9.17, 15) is 24.5 Å². The lowest BCUT2D eigenvalue weighted by atomic mass is 10.1. The number of aromatic nitrogens is 2. The summed E-state index contributed by atoms with van der Waals surface area (Å²) in [6.45, 7) is 3.11. The van der Waals surface area contributed by atoms with Crippen LogP contribution in [0.4, 0.5) is 5.69 Å². The molecule has 0 fully saturated rings. The molecular weight excluding hydrogens is 940 g/mol. The van der Waals surface area contributed by atoms with Gasteiger partial charge in [-0.2, -0.15) is 0 Å². The van der Waals surface area contributed by atoms with E-state index in [0.29, 0.717) is 44.8 Å². The summed E-state index contributed by atoms with van der Waals surface area (Å²) in [5.41, 5.74) is 11.2. The van der Waals surface area contributed by atoms with Crippen molar-refractivity contribution in [3.63, 3.8) is 0 Å². The number of carbonyl (C=O) groups is 3. The summed E-state index contributed by atoms with van der Waals surface area (Å²) in [4.78, 5) is 48.3. The Kier molecular flexibility index (Phi) is 16.7. The van der Waals surface area contributed by atoms with Crippen LogP contribution in [0, 0.1) is 24.0 Å². The van der Waals surface area contributed by atoms with E-state index in [1.165, 1.54) is 46.5 Å². The molecule has 4 N–H and O–H groups in total. The third-order valence-electron chi connectivity index (χ3n) is 8.80. The summed E-state index contributed by atoms with van der Waals surface area (Å²) in [5, 5.41) is 19.7. The van der Waals surface area contributed by atoms with Gasteiger partial charge >= 0.3 is 5.69 Å². The fraction of sp³-hybridized carbons (Fsp3) is 0.171. The summed E-state index contributed by atoms with van der Waals surface area (Å²) in [6.07, 6.45) is 0.454. The number of halogens is 4. The van der Waals surface area contributed by atoms with Gasteiger partial charge in [0.05, 0.1) is 46.3 Å². The monoisotopic (exact) mass is 973 g/mol. The largest absolute Gasteiger partial charge is 0.493 e. The number of nitro benzene ring substituents is 1. The topological polar surface area (TPSA) is 231 Å². The number of nitro groups is 1. The van der Waals surface area contributed by atoms with E-state index in [-0.39, 0.29) is 67.1 Å². The van der Waals surface area contributed by atoms with E-state index in [4.69, 9.17) is 86.6 Å². The van der Waals surface area contributed by atoms with Crippen LogP contribution in [-0.4, -0.2) is 59.5 Å². The highest BCUT2D eigenvalue weighted by Gasteiger charge is 2.27. The number of aryl methyl sites for hydroxylation is 3. The van der Waals surface area contributed by atoms with Crippen LogP contribution >= 0.6 is 58.6 Å². The maximum atomic E-state index is 12.8. The standard InChI is InChI=1S/C23H23Cl2N3O6.C18H12Cl2N4O5S/c1-12-19(21(28-34-12)20-14(24)6-5-7-15(20)25)23(30)27-26-18(29)9-8-13-10-16(31-2)22(33-4)17(11-13)32-3;1-9-14(16(23-29-9)15-10(19)5-4-6-11(15)20)17(25)21-22-18(30)28-13-8-3-2-7-12(13)24(26)27/h5-7,10-11H,8-9H2,1-4H3,(H,26,29)(H,27,30);2-8H,1H3,(H,21,25)(H,22,30). The number of nitrogens with zero attached hydrogens (tertiary/aromatic N) is 3. The van der Waals surface area contributed by atoms with Crippen molar-refractivity contribution >= 4 is 87.2 Å². The Bertz CT molecular complexity index is 2670. The number of nitrogens with one attached hydrogen (secondary N) is 4. The van der Waals surface area contributed by atoms with E-state index in [2.05, 4.69) is 32.0 Å². The molecule has 64 heavy (non-hydrogen) atoms. The molecule has 18 nitrogen and oxygen atoms in total. The molecule has 0 saturated carbocycles. The normalized spacial score (nSPS) is 10.5. The van der Waals surface area contributed by atoms with Crippen molar-refractivity contribution in [2.24, 2.45) is 0 Å². The minimum Gasteiger partial charge on any atom is -0.493 e. The van der Waals surface area contributed by atoms with E-state index in [1.54, 1.807) is 61.5 Å². The molecule has 0 bridgehead atoms. The predicted octanol–water partition coefficient (Wildman–Crippen LogP) is 8.84. The van der Waals surface area contributed by atoms with Gasteiger partial charge in [0.25, 0.3) is 17.0 Å². The van der Waals surface area contributed by atoms with Gasteiger partial charge in [0.2, 0.25) is 17.4 Å². The van der Waals surface area contributed by atoms with Crippen molar-refractivity contribution in [1.29, 1.82) is 0 Å². The third kappa shape index (κ3) is 11.5. The molecule has 3 amide bonds. The fourth-order valence-electron chi connectivity index (χ4n) is 5.85. The molecule has 0 unspecified atom stereocenters. The van der Waals surface area contributed by atoms with Gasteiger partial charge in [0, 0.05) is 23.6 Å². The maximum absolute atomic E-state index is 12.8. The minimum absolute atomic E-state index is 0.0750. The van der Waals surface area contributed by atoms with Gasteiger partial charge in [0.15, 0.2) is 11.5 Å². The summed E-state index contributed by atoms with van der Waals surface area (Å²) in [5.74, 6) is 0.120. The fourth-order valence-corrected chi connectivity index (χ4v) is 7.14. The second-order valence-corrected chi connectivity index (χ2v) is 14.8. The van der Waals surface area contributed by atoms with Crippen LogP contribution in [0.1, 0.15) is 44.2 Å². The molecule has 0 saturated heterocycles. The Hall–Kier alpha value is -6.64. The van der Waals surface area contributed by atoms with E-state index < -0.39 is 22.6 Å². The Morgan fingerprint density at radius 1 is 0.688 bits per heavy atom. The number of methoxy groups -OCH3 is 3. The molecule has 23 heteroatoms. The first-order valence-electron chi connectivity index (χ1n) is 18.3. The molecule has 0 aliphatic rings. The molecule has 0 aliphatic heterocycles. The summed E-state index contributed by atoms with van der Waals surface area (Å²) >= 11 is 29.9. The van der Waals surface area contributed by atoms with Crippen molar-refractivity contribution in [2.45, 2.75) is 26.7 Å². The van der Waals surface area contributed by atoms with Crippen molar-refractivity contribution in [2.75, 3.05) is 21.3 Å². The average molecular weight is 976 g/mol. The molecular formula is C41H35Cl4N7O11S. The zero-order chi connectivity index (χ0) is 46.7. The zero-order valence-corrected chi connectivity index (χ0v) is 37.9. The zero-order valence-electron chi connectivity index (χ0n) is 34.1. The first kappa shape index (κ1) is 48.4. The SMILES string of the molecule is COc1cc(CCC(=O)NNC(=O)c2c(-c3c(Cl)cccc3Cl)noc2C)cc(OC)c1OC.Cc1onc(-c2c(Cl)cccc2Cl)c1C(=O)NNC(=S)Oc1ccccc1[N+](=O)[O-]. The quantitative estimate of drug-likeness (QED) is 0.0510. The van der Waals surface area contributed by atoms with E-state index in [1.807, 2.05) is 0 Å². The van der Waals surface area contributed by atoms with E-state index in [0.717, 1.165) is 5.56 Å². The van der Waals surface area contributed by atoms with Gasteiger partial charge in [-0.3, -0.25) is 46.2 Å². The number of amides is 3. The van der Waals surface area contributed by atoms with Crippen LogP contribution in [0.3, 0.4) is 0 Å². The van der Waals surface area contributed by atoms with E-state index >= 15 is 0 Å². The highest BCUT2D eigenvalue weighted by Crippen LogP contribution is 2.40. The Morgan fingerprint density at radius 2 is 1.16 bits per heavy atom. The van der Waals surface area contributed by atoms with Crippen LogP contribution in [0.5, 0.6) is 23.0 Å². The van der Waals surface area contributed by atoms with Crippen molar-refractivity contribution in [1.82, 2.24) is 32.0 Å². The Morgan fingerprint density at radius 3 is 1.61 bits per heavy atom. The first-order valence-corrected chi connectivity index (χ1v) is 20.2. The van der Waals surface area contributed by atoms with Crippen molar-refractivity contribution in [3.05, 3.63) is 131 Å². The molecule has 334 valence electrons. The number of carbonyl (C=O) groups excluding carboxylic acids is 3. The molecule has 0 radical (unpaired) electrons. The van der Waals surface area contributed by atoms with Crippen LogP contribution in [0.15, 0.2) is 81.8 Å². The van der Waals surface area contributed by atoms with Crippen LogP contribution in [-0.2, 0) is 11.2 Å². The average Bonchev–Trinajstić information content (AvgIpc) is 3.85. The summed E-state index contributed by atoms with van der Waals surface area (Å²) in [7, 11) is 4.54. The molecule has 2 heterocycles. The maximum Gasteiger partial charge on any atom is 0.311 e. The lowest BCUT2D eigenvalue weighted by molar-refractivity contribution is -0.385. The third-order valence-corrected chi connectivity index (χ3v) is 10.2. The molecule has 0 spiro atoms. The van der Waals surface area contributed by atoms with Gasteiger partial charge in [0.1, 0.15) is 34.0 Å². The molecule has 6 aromatic rings. The lowest BCUT2D eigenvalue weighted by Gasteiger charge is -2.14.